The van der Waals surface area contributed by atoms with Gasteiger partial charge in [0.2, 0.25) is 5.78 Å². The second-order valence-corrected chi connectivity index (χ2v) is 6.02. The summed E-state index contributed by atoms with van der Waals surface area (Å²) in [7, 11) is 0. The summed E-state index contributed by atoms with van der Waals surface area (Å²) in [4.78, 5) is 57.9. The second-order valence-electron chi connectivity index (χ2n) is 6.02. The van der Waals surface area contributed by atoms with Gasteiger partial charge in [-0.2, -0.15) is 0 Å². The highest BCUT2D eigenvalue weighted by Gasteiger charge is 2.31. The summed E-state index contributed by atoms with van der Waals surface area (Å²) in [6, 6.07) is 0. The Hall–Kier alpha value is -1.91. The van der Waals surface area contributed by atoms with Crippen LogP contribution in [0, 0.1) is 11.8 Å². The second kappa shape index (κ2) is 7.38. The SMILES string of the molecule is O=C1CCC(=O)C(C(=O)/C=C/CCC2CCCC(=O)C2=O)C1. The molecule has 5 heteroatoms. The predicted octanol–water partition coefficient (Wildman–Crippen LogP) is 1.77. The van der Waals surface area contributed by atoms with Gasteiger partial charge < -0.3 is 0 Å². The lowest BCUT2D eigenvalue weighted by Gasteiger charge is -2.18. The third-order valence-electron chi connectivity index (χ3n) is 4.38. The van der Waals surface area contributed by atoms with Crippen LogP contribution >= 0.6 is 0 Å². The summed E-state index contributed by atoms with van der Waals surface area (Å²) < 4.78 is 0. The molecule has 0 aromatic rings. The van der Waals surface area contributed by atoms with E-state index in [4.69, 9.17) is 0 Å². The van der Waals surface area contributed by atoms with Crippen LogP contribution < -0.4 is 0 Å². The first-order chi connectivity index (χ1) is 10.5. The minimum atomic E-state index is -0.824. The van der Waals surface area contributed by atoms with Crippen molar-refractivity contribution in [2.75, 3.05) is 0 Å². The first kappa shape index (κ1) is 16.5. The maximum atomic E-state index is 11.9. The quantitative estimate of drug-likeness (QED) is 0.439. The molecule has 2 rings (SSSR count). The molecule has 2 unspecified atom stereocenters. The minimum Gasteiger partial charge on any atom is -0.300 e. The maximum absolute atomic E-state index is 11.9. The highest BCUT2D eigenvalue weighted by molar-refractivity contribution is 6.38. The van der Waals surface area contributed by atoms with Crippen LogP contribution in [0.5, 0.6) is 0 Å². The van der Waals surface area contributed by atoms with Gasteiger partial charge in [-0.05, 0) is 31.8 Å². The molecule has 2 fully saturated rings. The van der Waals surface area contributed by atoms with Gasteiger partial charge in [0.25, 0.3) is 0 Å². The van der Waals surface area contributed by atoms with E-state index >= 15 is 0 Å². The van der Waals surface area contributed by atoms with E-state index in [1.54, 1.807) is 6.08 Å². The van der Waals surface area contributed by atoms with Crippen LogP contribution in [0.25, 0.3) is 0 Å². The maximum Gasteiger partial charge on any atom is 0.201 e. The normalized spacial score (nSPS) is 26.7. The van der Waals surface area contributed by atoms with Gasteiger partial charge in [-0.15, -0.1) is 0 Å². The van der Waals surface area contributed by atoms with Crippen LogP contribution in [-0.2, 0) is 24.0 Å². The lowest BCUT2D eigenvalue weighted by atomic mass is 9.83. The number of carbonyl (C=O) groups excluding carboxylic acids is 5. The fourth-order valence-corrected chi connectivity index (χ4v) is 3.02. The average molecular weight is 304 g/mol. The molecule has 2 saturated carbocycles. The molecule has 22 heavy (non-hydrogen) atoms. The van der Waals surface area contributed by atoms with Crippen LogP contribution in [0.4, 0.5) is 0 Å². The number of allylic oxidation sites excluding steroid dienone is 2. The van der Waals surface area contributed by atoms with Crippen LogP contribution in [0.2, 0.25) is 0 Å². The lowest BCUT2D eigenvalue weighted by molar-refractivity contribution is -0.141. The van der Waals surface area contributed by atoms with Crippen LogP contribution in [-0.4, -0.2) is 28.9 Å². The van der Waals surface area contributed by atoms with Crippen molar-refractivity contribution in [2.24, 2.45) is 11.8 Å². The topological polar surface area (TPSA) is 85.3 Å². The molecule has 0 aromatic heterocycles. The van der Waals surface area contributed by atoms with E-state index in [9.17, 15) is 24.0 Å². The van der Waals surface area contributed by atoms with Gasteiger partial charge in [0.15, 0.2) is 11.6 Å². The van der Waals surface area contributed by atoms with E-state index in [1.165, 1.54) is 6.08 Å². The van der Waals surface area contributed by atoms with Crippen molar-refractivity contribution in [3.8, 4) is 0 Å². The molecule has 118 valence electrons. The van der Waals surface area contributed by atoms with Crippen molar-refractivity contribution in [3.05, 3.63) is 12.2 Å². The van der Waals surface area contributed by atoms with Gasteiger partial charge in [-0.3, -0.25) is 24.0 Å². The van der Waals surface area contributed by atoms with E-state index in [-0.39, 0.29) is 54.1 Å². The van der Waals surface area contributed by atoms with Crippen molar-refractivity contribution in [1.29, 1.82) is 0 Å². The molecule has 0 saturated heterocycles. The molecule has 0 amide bonds. The summed E-state index contributed by atoms with van der Waals surface area (Å²) in [6.45, 7) is 0. The number of Topliss-reactive ketones (excluding diaryl/α,β-unsaturated/α-hetero) is 4. The molecule has 2 aliphatic carbocycles. The molecule has 0 aliphatic heterocycles. The molecule has 2 atom stereocenters. The Morgan fingerprint density at radius 1 is 1.09 bits per heavy atom. The van der Waals surface area contributed by atoms with Crippen molar-refractivity contribution >= 4 is 28.9 Å². The summed E-state index contributed by atoms with van der Waals surface area (Å²) in [5.41, 5.74) is 0. The highest BCUT2D eigenvalue weighted by Crippen LogP contribution is 2.23. The van der Waals surface area contributed by atoms with E-state index in [0.717, 1.165) is 12.8 Å². The van der Waals surface area contributed by atoms with Crippen LogP contribution in [0.15, 0.2) is 12.2 Å². The van der Waals surface area contributed by atoms with Crippen molar-refractivity contribution in [1.82, 2.24) is 0 Å². The van der Waals surface area contributed by atoms with E-state index < -0.39 is 5.92 Å². The molecule has 0 aromatic carbocycles. The highest BCUT2D eigenvalue weighted by atomic mass is 16.2. The zero-order chi connectivity index (χ0) is 16.1. The number of hydrogen-bond acceptors (Lipinski definition) is 5. The Balaban J connectivity index is 1.80. The number of rotatable bonds is 5. The molecule has 0 heterocycles. The summed E-state index contributed by atoms with van der Waals surface area (Å²) >= 11 is 0. The number of ketones is 5. The summed E-state index contributed by atoms with van der Waals surface area (Å²) in [5.74, 6) is -2.18. The molecule has 0 N–H and O–H groups in total. The van der Waals surface area contributed by atoms with Crippen LogP contribution in [0.1, 0.15) is 51.4 Å². The number of carbonyl (C=O) groups is 5. The monoisotopic (exact) mass is 304 g/mol. The van der Waals surface area contributed by atoms with Gasteiger partial charge in [0, 0.05) is 31.6 Å². The molecular weight excluding hydrogens is 284 g/mol. The molecule has 2 aliphatic rings. The molecule has 5 nitrogen and oxygen atoms in total. The zero-order valence-corrected chi connectivity index (χ0v) is 12.5. The third kappa shape index (κ3) is 4.06. The minimum absolute atomic E-state index is 0.0115. The van der Waals surface area contributed by atoms with Gasteiger partial charge in [0.1, 0.15) is 11.6 Å². The van der Waals surface area contributed by atoms with Crippen molar-refractivity contribution in [2.45, 2.75) is 51.4 Å². The van der Waals surface area contributed by atoms with Gasteiger partial charge in [0.05, 0.1) is 5.92 Å². The van der Waals surface area contributed by atoms with Gasteiger partial charge in [-0.1, -0.05) is 6.08 Å². The van der Waals surface area contributed by atoms with Gasteiger partial charge >= 0.3 is 0 Å². The molecular formula is C17H20O5. The smallest absolute Gasteiger partial charge is 0.201 e. The zero-order valence-electron chi connectivity index (χ0n) is 12.5. The standard InChI is InChI=1S/C17H20O5/c18-12-8-9-15(20)13(10-12)14(19)6-2-1-4-11-5-3-7-16(21)17(11)22/h2,6,11,13H,1,3-5,7-10H2/b6-2+. The predicted molar refractivity (Wildman–Crippen MR) is 78.1 cm³/mol. The Morgan fingerprint density at radius 3 is 2.64 bits per heavy atom. The lowest BCUT2D eigenvalue weighted by Crippen LogP contribution is -2.30. The van der Waals surface area contributed by atoms with Gasteiger partial charge in [-0.25, -0.2) is 0 Å². The van der Waals surface area contributed by atoms with Crippen LogP contribution in [0.3, 0.4) is 0 Å². The molecule has 0 radical (unpaired) electrons. The fraction of sp³-hybridized carbons (Fsp3) is 0.588. The Labute approximate surface area is 129 Å². The third-order valence-corrected chi connectivity index (χ3v) is 4.38. The molecule has 0 bridgehead atoms. The summed E-state index contributed by atoms with van der Waals surface area (Å²) in [6.07, 6.45) is 6.27. The Kier molecular flexibility index (Phi) is 5.52. The van der Waals surface area contributed by atoms with E-state index in [1.807, 2.05) is 0 Å². The van der Waals surface area contributed by atoms with Crippen molar-refractivity contribution in [3.63, 3.8) is 0 Å². The fourth-order valence-electron chi connectivity index (χ4n) is 3.02. The summed E-state index contributed by atoms with van der Waals surface area (Å²) in [5, 5.41) is 0. The first-order valence-electron chi connectivity index (χ1n) is 7.81. The van der Waals surface area contributed by atoms with E-state index in [0.29, 0.717) is 19.3 Å². The average Bonchev–Trinajstić information content (AvgIpc) is 2.50. The number of hydrogen-bond donors (Lipinski definition) is 0. The first-order valence-corrected chi connectivity index (χ1v) is 7.81. The Bertz CT molecular complexity index is 543. The largest absolute Gasteiger partial charge is 0.300 e. The van der Waals surface area contributed by atoms with Crippen molar-refractivity contribution < 1.29 is 24.0 Å². The van der Waals surface area contributed by atoms with E-state index in [2.05, 4.69) is 0 Å². The molecule has 0 spiro atoms. The Morgan fingerprint density at radius 2 is 1.86 bits per heavy atom.